The lowest BCUT2D eigenvalue weighted by Gasteiger charge is -2.18. The molecule has 1 aromatic carbocycles. The third kappa shape index (κ3) is 5.92. The molecule has 23 heavy (non-hydrogen) atoms. The number of hydrogen-bond acceptors (Lipinski definition) is 5. The van der Waals surface area contributed by atoms with E-state index in [0.717, 1.165) is 18.4 Å². The zero-order valence-corrected chi connectivity index (χ0v) is 15.0. The number of hydrogen-bond donors (Lipinski definition) is 0. The van der Waals surface area contributed by atoms with Crippen molar-refractivity contribution in [2.45, 2.75) is 52.0 Å². The molecule has 0 saturated heterocycles. The second-order valence-electron chi connectivity index (χ2n) is 6.97. The first-order valence-corrected chi connectivity index (χ1v) is 9.02. The molecular weight excluding hydrogens is 313 g/mol. The summed E-state index contributed by atoms with van der Waals surface area (Å²) >= 11 is 0. The summed E-state index contributed by atoms with van der Waals surface area (Å²) in [7, 11) is -2.30. The van der Waals surface area contributed by atoms with E-state index in [1.807, 2.05) is 12.1 Å². The van der Waals surface area contributed by atoms with Crippen LogP contribution in [0.3, 0.4) is 0 Å². The number of benzene rings is 1. The van der Waals surface area contributed by atoms with E-state index in [1.165, 1.54) is 0 Å². The molecule has 0 heterocycles. The number of carbonyl (C=O) groups is 1. The summed E-state index contributed by atoms with van der Waals surface area (Å²) in [5.74, 6) is 0.519. The van der Waals surface area contributed by atoms with Gasteiger partial charge in [0.05, 0.1) is 6.61 Å². The summed E-state index contributed by atoms with van der Waals surface area (Å²) in [6.45, 7) is 8.36. The third-order valence-corrected chi connectivity index (χ3v) is 4.57. The van der Waals surface area contributed by atoms with Crippen LogP contribution in [0.5, 0.6) is 5.75 Å². The third-order valence-electron chi connectivity index (χ3n) is 3.67. The Hall–Kier alpha value is -1.45. The molecule has 5 nitrogen and oxygen atoms in total. The Bertz CT molecular complexity index is 573. The van der Waals surface area contributed by atoms with Crippen molar-refractivity contribution in [1.82, 2.24) is 0 Å². The van der Waals surface area contributed by atoms with Crippen LogP contribution in [0, 0.1) is 5.92 Å². The van der Waals surface area contributed by atoms with E-state index >= 15 is 0 Å². The van der Waals surface area contributed by atoms with Crippen LogP contribution < -0.4 is 9.42 Å². The summed E-state index contributed by atoms with van der Waals surface area (Å²) < 4.78 is 14.2. The maximum absolute atomic E-state index is 11.9. The molecule has 0 aliphatic heterocycles. The maximum Gasteiger partial charge on any atom is 0.395 e. The lowest BCUT2D eigenvalue weighted by molar-refractivity contribution is -0.169. The molecule has 6 heteroatoms. The molecule has 0 amide bonds. The molecular formula is C17H24NO4P. The highest BCUT2D eigenvalue weighted by Crippen LogP contribution is 2.30. The molecule has 2 atom stereocenters. The molecule has 0 bridgehead atoms. The maximum atomic E-state index is 11.9. The number of nitrogens with zero attached hydrogens (tertiary/aromatic N) is 1. The predicted octanol–water partition coefficient (Wildman–Crippen LogP) is 3.56. The van der Waals surface area contributed by atoms with Gasteiger partial charge in [0.15, 0.2) is 11.8 Å². The second kappa shape index (κ2) is 7.41. The van der Waals surface area contributed by atoms with Gasteiger partial charge < -0.3 is 9.63 Å². The van der Waals surface area contributed by atoms with Gasteiger partial charge in [0, 0.05) is 0 Å². The van der Waals surface area contributed by atoms with Crippen molar-refractivity contribution in [3.8, 4) is 5.75 Å². The molecule has 1 saturated carbocycles. The first kappa shape index (κ1) is 17.9. The summed E-state index contributed by atoms with van der Waals surface area (Å²) in [5, 5.41) is 0. The van der Waals surface area contributed by atoms with Gasteiger partial charge in [-0.15, -0.1) is 0 Å². The van der Waals surface area contributed by atoms with Crippen molar-refractivity contribution < 1.29 is 18.9 Å². The smallest absolute Gasteiger partial charge is 0.395 e. The SMILES string of the molecule is C[C@H](N=[P+]([O-])Oc1ccc(C(C)(C)C)cc1)C(=O)OCC1CC1. The highest BCUT2D eigenvalue weighted by atomic mass is 31.1. The molecule has 1 aliphatic rings. The van der Waals surface area contributed by atoms with Crippen LogP contribution in [0.25, 0.3) is 0 Å². The van der Waals surface area contributed by atoms with Crippen molar-refractivity contribution >= 4 is 14.1 Å². The van der Waals surface area contributed by atoms with Crippen LogP contribution in [-0.4, -0.2) is 18.6 Å². The molecule has 0 spiro atoms. The van der Waals surface area contributed by atoms with Gasteiger partial charge in [-0.1, -0.05) is 37.6 Å². The monoisotopic (exact) mass is 337 g/mol. The quantitative estimate of drug-likeness (QED) is 0.588. The molecule has 1 aromatic rings. The summed E-state index contributed by atoms with van der Waals surface area (Å²) in [6, 6.07) is 6.61. The molecule has 1 unspecified atom stereocenters. The number of rotatable bonds is 6. The first-order valence-electron chi connectivity index (χ1n) is 7.89. The fraction of sp³-hybridized carbons (Fsp3) is 0.588. The van der Waals surface area contributed by atoms with Gasteiger partial charge in [-0.05, 0) is 48.8 Å². The molecule has 0 radical (unpaired) electrons. The van der Waals surface area contributed by atoms with Crippen molar-refractivity contribution in [1.29, 1.82) is 0 Å². The van der Waals surface area contributed by atoms with Gasteiger partial charge in [0.25, 0.3) is 0 Å². The van der Waals surface area contributed by atoms with Crippen LogP contribution in [-0.2, 0) is 14.9 Å². The van der Waals surface area contributed by atoms with Crippen LogP contribution in [0.2, 0.25) is 0 Å². The Morgan fingerprint density at radius 3 is 2.48 bits per heavy atom. The zero-order valence-electron chi connectivity index (χ0n) is 14.1. The molecule has 0 N–H and O–H groups in total. The fourth-order valence-corrected chi connectivity index (χ4v) is 2.65. The Kier molecular flexibility index (Phi) is 5.77. The fourth-order valence-electron chi connectivity index (χ4n) is 1.92. The largest absolute Gasteiger partial charge is 0.575 e. The molecule has 1 aliphatic carbocycles. The van der Waals surface area contributed by atoms with Crippen LogP contribution in [0.15, 0.2) is 29.0 Å². The van der Waals surface area contributed by atoms with E-state index < -0.39 is 20.2 Å². The average Bonchev–Trinajstić information content (AvgIpc) is 3.28. The van der Waals surface area contributed by atoms with Crippen molar-refractivity contribution in [3.05, 3.63) is 29.8 Å². The van der Waals surface area contributed by atoms with E-state index in [-0.39, 0.29) is 5.41 Å². The molecule has 0 aromatic heterocycles. The van der Waals surface area contributed by atoms with Gasteiger partial charge in [-0.25, -0.2) is 4.79 Å². The van der Waals surface area contributed by atoms with Crippen molar-refractivity contribution in [2.24, 2.45) is 10.7 Å². The Morgan fingerprint density at radius 2 is 1.96 bits per heavy atom. The van der Waals surface area contributed by atoms with Gasteiger partial charge in [0.2, 0.25) is 0 Å². The lowest BCUT2D eigenvalue weighted by Crippen LogP contribution is -2.19. The number of ether oxygens (including phenoxy) is 1. The van der Waals surface area contributed by atoms with Crippen molar-refractivity contribution in [3.63, 3.8) is 0 Å². The van der Waals surface area contributed by atoms with E-state index in [1.54, 1.807) is 19.1 Å². The van der Waals surface area contributed by atoms with E-state index in [9.17, 15) is 9.69 Å². The summed E-state index contributed by atoms with van der Waals surface area (Å²) in [4.78, 5) is 23.6. The highest BCUT2D eigenvalue weighted by Gasteiger charge is 2.25. The zero-order chi connectivity index (χ0) is 17.0. The number of esters is 1. The summed E-state index contributed by atoms with van der Waals surface area (Å²) in [6.07, 6.45) is 2.22. The summed E-state index contributed by atoms with van der Waals surface area (Å²) in [5.41, 5.74) is 1.21. The van der Waals surface area contributed by atoms with Crippen LogP contribution in [0.1, 0.15) is 46.1 Å². The van der Waals surface area contributed by atoms with Gasteiger partial charge in [-0.2, -0.15) is 0 Å². The minimum Gasteiger partial charge on any atom is -0.575 e. The minimum atomic E-state index is -2.30. The Morgan fingerprint density at radius 1 is 1.35 bits per heavy atom. The average molecular weight is 337 g/mol. The van der Waals surface area contributed by atoms with Gasteiger partial charge in [-0.3, -0.25) is 4.52 Å². The Labute approximate surface area is 138 Å². The van der Waals surface area contributed by atoms with Crippen LogP contribution in [0.4, 0.5) is 0 Å². The molecule has 1 fully saturated rings. The Balaban J connectivity index is 1.88. The van der Waals surface area contributed by atoms with Gasteiger partial charge in [0.1, 0.15) is 0 Å². The standard InChI is InChI=1S/C17H24NO4P/c1-12(16(19)21-11-13-5-6-13)18-23(20)22-15-9-7-14(8-10-15)17(2,3)4/h7-10,12-13H,5-6,11H2,1-4H3/t12-/m0/s1. The van der Waals surface area contributed by atoms with E-state index in [2.05, 4.69) is 25.5 Å². The van der Waals surface area contributed by atoms with E-state index in [4.69, 9.17) is 9.26 Å². The predicted molar refractivity (Wildman–Crippen MR) is 88.3 cm³/mol. The first-order chi connectivity index (χ1) is 10.8. The molecule has 2 rings (SSSR count). The van der Waals surface area contributed by atoms with E-state index in [0.29, 0.717) is 18.3 Å². The lowest BCUT2D eigenvalue weighted by atomic mass is 9.87. The van der Waals surface area contributed by atoms with Gasteiger partial charge >= 0.3 is 14.1 Å². The second-order valence-corrected chi connectivity index (χ2v) is 7.86. The van der Waals surface area contributed by atoms with Crippen molar-refractivity contribution in [2.75, 3.05) is 6.61 Å². The highest BCUT2D eigenvalue weighted by molar-refractivity contribution is 7.34. The number of carbonyl (C=O) groups excluding carboxylic acids is 1. The molecule has 126 valence electrons. The normalized spacial score (nSPS) is 16.8. The van der Waals surface area contributed by atoms with Crippen LogP contribution >= 0.6 is 8.17 Å². The topological polar surface area (TPSA) is 71.0 Å². The minimum absolute atomic E-state index is 0.0466.